The summed E-state index contributed by atoms with van der Waals surface area (Å²) in [4.78, 5) is 0. The summed E-state index contributed by atoms with van der Waals surface area (Å²) >= 11 is -2.17. The molecule has 6 rings (SSSR count). The van der Waals surface area contributed by atoms with Crippen LogP contribution in [0.15, 0.2) is 131 Å². The predicted molar refractivity (Wildman–Crippen MR) is 150 cm³/mol. The molecular formula is C35H32Ti. The van der Waals surface area contributed by atoms with E-state index in [0.717, 1.165) is 6.42 Å². The second kappa shape index (κ2) is 9.43. The summed E-state index contributed by atoms with van der Waals surface area (Å²) in [5, 5.41) is 0. The molecule has 2 aliphatic rings. The van der Waals surface area contributed by atoms with Crippen LogP contribution < -0.4 is 0 Å². The van der Waals surface area contributed by atoms with E-state index in [-0.39, 0.29) is 5.41 Å². The normalized spacial score (nSPS) is 14.6. The zero-order valence-electron chi connectivity index (χ0n) is 21.3. The predicted octanol–water partition coefficient (Wildman–Crippen LogP) is 8.90. The Labute approximate surface area is 221 Å². The zero-order valence-corrected chi connectivity index (χ0v) is 22.9. The number of fused-ring (bicyclic) bond motifs is 3. The molecule has 0 N–H and O–H groups in total. The number of allylic oxidation sites excluding steroid dienone is 4. The number of benzene rings is 4. The van der Waals surface area contributed by atoms with Gasteiger partial charge in [0.15, 0.2) is 0 Å². The van der Waals surface area contributed by atoms with E-state index in [4.69, 9.17) is 0 Å². The summed E-state index contributed by atoms with van der Waals surface area (Å²) in [6.45, 7) is 7.03. The van der Waals surface area contributed by atoms with Crippen LogP contribution in [0.4, 0.5) is 0 Å². The summed E-state index contributed by atoms with van der Waals surface area (Å²) < 4.78 is 3.70. The molecule has 0 unspecified atom stereocenters. The third-order valence-electron chi connectivity index (χ3n) is 7.60. The van der Waals surface area contributed by atoms with Crippen molar-refractivity contribution in [1.82, 2.24) is 0 Å². The molecular weight excluding hydrogens is 468 g/mol. The van der Waals surface area contributed by atoms with Gasteiger partial charge in [-0.25, -0.2) is 0 Å². The van der Waals surface area contributed by atoms with Gasteiger partial charge >= 0.3 is 222 Å². The molecule has 0 amide bonds. The van der Waals surface area contributed by atoms with Crippen molar-refractivity contribution < 1.29 is 17.4 Å². The monoisotopic (exact) mass is 500 g/mol. The molecule has 0 aliphatic heterocycles. The van der Waals surface area contributed by atoms with Gasteiger partial charge < -0.3 is 0 Å². The molecule has 0 spiro atoms. The van der Waals surface area contributed by atoms with Crippen LogP contribution in [0.1, 0.15) is 53.7 Å². The third-order valence-corrected chi connectivity index (χ3v) is 12.8. The summed E-state index contributed by atoms with van der Waals surface area (Å²) in [5.74, 6) is 0. The fraction of sp³-hybridized carbons (Fsp3) is 0.171. The van der Waals surface area contributed by atoms with Crippen LogP contribution in [0.25, 0.3) is 11.1 Å². The van der Waals surface area contributed by atoms with Crippen LogP contribution in [0.2, 0.25) is 0 Å². The molecule has 0 heterocycles. The maximum atomic E-state index is 2.59. The topological polar surface area (TPSA) is 0 Å². The minimum absolute atomic E-state index is 0.163. The van der Waals surface area contributed by atoms with Crippen molar-refractivity contribution in [2.75, 3.05) is 0 Å². The first-order valence-corrected chi connectivity index (χ1v) is 15.4. The Balaban J connectivity index is 1.70. The van der Waals surface area contributed by atoms with Crippen LogP contribution >= 0.6 is 0 Å². The molecule has 0 radical (unpaired) electrons. The Bertz CT molecular complexity index is 1420. The van der Waals surface area contributed by atoms with Gasteiger partial charge in [0, 0.05) is 0 Å². The summed E-state index contributed by atoms with van der Waals surface area (Å²) in [6, 6.07) is 40.7. The maximum absolute atomic E-state index is 2.59. The SMILES string of the molecule is CC(C)(C)C1=CC[C]([Ti](=[C](c2ccccc2)c2ccccc2)[CH]2c3ccccc3-c3ccccc32)=C1. The van der Waals surface area contributed by atoms with Crippen molar-refractivity contribution in [3.63, 3.8) is 0 Å². The molecule has 0 bridgehead atoms. The van der Waals surface area contributed by atoms with E-state index in [0.29, 0.717) is 4.22 Å². The Morgan fingerprint density at radius 3 is 1.58 bits per heavy atom. The first-order valence-electron chi connectivity index (χ1n) is 13.0. The Morgan fingerprint density at radius 2 is 1.11 bits per heavy atom. The fourth-order valence-corrected chi connectivity index (χ4v) is 11.6. The van der Waals surface area contributed by atoms with E-state index in [1.54, 1.807) is 7.69 Å². The van der Waals surface area contributed by atoms with Crippen molar-refractivity contribution in [3.8, 4) is 11.1 Å². The number of rotatable bonds is 4. The average Bonchev–Trinajstić information content (AvgIpc) is 3.52. The molecule has 0 saturated heterocycles. The van der Waals surface area contributed by atoms with Gasteiger partial charge in [-0.3, -0.25) is 0 Å². The molecule has 0 nitrogen and oxygen atoms in total. The van der Waals surface area contributed by atoms with Crippen LogP contribution in [0, 0.1) is 5.41 Å². The Kier molecular flexibility index (Phi) is 6.12. The van der Waals surface area contributed by atoms with E-state index >= 15 is 0 Å². The van der Waals surface area contributed by atoms with Crippen LogP contribution in [-0.4, -0.2) is 3.81 Å². The van der Waals surface area contributed by atoms with E-state index in [2.05, 4.69) is 142 Å². The van der Waals surface area contributed by atoms with Crippen LogP contribution in [0.5, 0.6) is 0 Å². The molecule has 0 aromatic heterocycles. The third kappa shape index (κ3) is 4.13. The Hall–Kier alpha value is -3.06. The van der Waals surface area contributed by atoms with Gasteiger partial charge in [0.25, 0.3) is 0 Å². The molecule has 176 valence electrons. The van der Waals surface area contributed by atoms with Crippen molar-refractivity contribution in [2.24, 2.45) is 5.41 Å². The van der Waals surface area contributed by atoms with E-state index in [9.17, 15) is 0 Å². The minimum atomic E-state index is -2.17. The van der Waals surface area contributed by atoms with Crippen molar-refractivity contribution >= 4 is 3.81 Å². The van der Waals surface area contributed by atoms with Gasteiger partial charge in [0.05, 0.1) is 0 Å². The molecule has 4 aromatic carbocycles. The van der Waals surface area contributed by atoms with Gasteiger partial charge in [-0.2, -0.15) is 0 Å². The quantitative estimate of drug-likeness (QED) is 0.246. The summed E-state index contributed by atoms with van der Waals surface area (Å²) in [6.07, 6.45) is 6.17. The van der Waals surface area contributed by atoms with E-state index < -0.39 is 17.4 Å². The molecule has 0 fully saturated rings. The standard InChI is InChI=1S/C13H9.C13H10.C9H13.Ti/c1-3-7-12-10(5-1)9-11-6-2-4-8-13(11)12;1-3-7-12(8-4-1)11-13-9-5-2-6-10-13;1-9(2,3)8-6-4-5-7-8;/h1-9H;1-10H;6-7H,4H2,1-3H3;. The molecule has 2 aliphatic carbocycles. The average molecular weight is 501 g/mol. The summed E-state index contributed by atoms with van der Waals surface area (Å²) in [5.41, 5.74) is 10.3. The summed E-state index contributed by atoms with van der Waals surface area (Å²) in [7, 11) is 0. The van der Waals surface area contributed by atoms with E-state index in [1.165, 1.54) is 39.0 Å². The van der Waals surface area contributed by atoms with Crippen LogP contribution in [0.3, 0.4) is 0 Å². The molecule has 36 heavy (non-hydrogen) atoms. The molecule has 4 aromatic rings. The van der Waals surface area contributed by atoms with Gasteiger partial charge in [0.1, 0.15) is 0 Å². The Morgan fingerprint density at radius 1 is 0.639 bits per heavy atom. The second-order valence-electron chi connectivity index (χ2n) is 10.9. The first-order chi connectivity index (χ1) is 17.5. The zero-order chi connectivity index (χ0) is 24.7. The van der Waals surface area contributed by atoms with Crippen molar-refractivity contribution in [3.05, 3.63) is 153 Å². The fourth-order valence-electron chi connectivity index (χ4n) is 5.88. The van der Waals surface area contributed by atoms with Gasteiger partial charge in [0.2, 0.25) is 0 Å². The molecule has 0 atom stereocenters. The number of hydrogen-bond donors (Lipinski definition) is 0. The molecule has 1 heteroatoms. The van der Waals surface area contributed by atoms with Crippen molar-refractivity contribution in [1.29, 1.82) is 0 Å². The van der Waals surface area contributed by atoms with E-state index in [1.807, 2.05) is 0 Å². The van der Waals surface area contributed by atoms with Crippen molar-refractivity contribution in [2.45, 2.75) is 31.4 Å². The molecule has 0 saturated carbocycles. The van der Waals surface area contributed by atoms with Gasteiger partial charge in [-0.05, 0) is 0 Å². The van der Waals surface area contributed by atoms with Crippen LogP contribution in [-0.2, 0) is 17.4 Å². The second-order valence-corrected chi connectivity index (χ2v) is 14.9. The van der Waals surface area contributed by atoms with Gasteiger partial charge in [-0.1, -0.05) is 0 Å². The first kappa shape index (κ1) is 23.3. The van der Waals surface area contributed by atoms with Gasteiger partial charge in [-0.15, -0.1) is 0 Å². The number of hydrogen-bond acceptors (Lipinski definition) is 0.